The lowest BCUT2D eigenvalue weighted by molar-refractivity contribution is 0.202. The van der Waals surface area contributed by atoms with E-state index in [9.17, 15) is 0 Å². The van der Waals surface area contributed by atoms with Crippen LogP contribution in [0.4, 0.5) is 0 Å². The summed E-state index contributed by atoms with van der Waals surface area (Å²) >= 11 is 0. The molecule has 0 aromatic carbocycles. The second kappa shape index (κ2) is 10.4. The zero-order chi connectivity index (χ0) is 9.94. The molecule has 0 unspecified atom stereocenters. The number of unbranched alkanes of at least 4 members (excludes halogenated alkanes) is 4. The SMILES string of the molecule is CCCCCCCOP(OC)OC. The summed E-state index contributed by atoms with van der Waals surface area (Å²) in [6, 6.07) is 0. The van der Waals surface area contributed by atoms with E-state index in [-0.39, 0.29) is 0 Å². The molecule has 0 spiro atoms. The van der Waals surface area contributed by atoms with E-state index >= 15 is 0 Å². The van der Waals surface area contributed by atoms with Crippen LogP contribution in [0.15, 0.2) is 0 Å². The predicted molar refractivity (Wildman–Crippen MR) is 55.6 cm³/mol. The molecule has 4 heteroatoms. The van der Waals surface area contributed by atoms with Gasteiger partial charge in [-0.05, 0) is 6.42 Å². The summed E-state index contributed by atoms with van der Waals surface area (Å²) in [5, 5.41) is 0. The van der Waals surface area contributed by atoms with Gasteiger partial charge in [-0.3, -0.25) is 0 Å². The summed E-state index contributed by atoms with van der Waals surface area (Å²) in [4.78, 5) is 0. The van der Waals surface area contributed by atoms with Crippen LogP contribution < -0.4 is 0 Å². The Kier molecular flexibility index (Phi) is 10.6. The topological polar surface area (TPSA) is 27.7 Å². The highest BCUT2D eigenvalue weighted by Crippen LogP contribution is 2.37. The molecule has 0 rings (SSSR count). The maximum absolute atomic E-state index is 5.34. The molecule has 3 nitrogen and oxygen atoms in total. The van der Waals surface area contributed by atoms with Gasteiger partial charge in [0.2, 0.25) is 0 Å². The Balaban J connectivity index is 3.05. The van der Waals surface area contributed by atoms with Crippen LogP contribution in [0, 0.1) is 0 Å². The third kappa shape index (κ3) is 8.63. The minimum atomic E-state index is -1.08. The Hall–Kier alpha value is 0.310. The normalized spacial score (nSPS) is 11.1. The van der Waals surface area contributed by atoms with E-state index < -0.39 is 8.60 Å². The Morgan fingerprint density at radius 1 is 0.923 bits per heavy atom. The van der Waals surface area contributed by atoms with E-state index in [4.69, 9.17) is 13.6 Å². The maximum Gasteiger partial charge on any atom is 0.332 e. The molecule has 0 amide bonds. The molecule has 0 radical (unpaired) electrons. The van der Waals surface area contributed by atoms with E-state index in [1.165, 1.54) is 25.7 Å². The summed E-state index contributed by atoms with van der Waals surface area (Å²) < 4.78 is 15.2. The zero-order valence-electron chi connectivity index (χ0n) is 8.91. The first-order valence-electron chi connectivity index (χ1n) is 4.86. The predicted octanol–water partition coefficient (Wildman–Crippen LogP) is 3.49. The number of hydrogen-bond acceptors (Lipinski definition) is 3. The minimum absolute atomic E-state index is 0.747. The number of rotatable bonds is 9. The quantitative estimate of drug-likeness (QED) is 0.428. The highest BCUT2D eigenvalue weighted by molar-refractivity contribution is 7.41. The van der Waals surface area contributed by atoms with E-state index in [0.29, 0.717) is 0 Å². The van der Waals surface area contributed by atoms with Crippen molar-refractivity contribution in [3.8, 4) is 0 Å². The van der Waals surface area contributed by atoms with Crippen molar-refractivity contribution >= 4 is 8.60 Å². The van der Waals surface area contributed by atoms with Gasteiger partial charge in [-0.15, -0.1) is 0 Å². The van der Waals surface area contributed by atoms with Gasteiger partial charge in [0.05, 0.1) is 6.61 Å². The van der Waals surface area contributed by atoms with Gasteiger partial charge < -0.3 is 13.6 Å². The van der Waals surface area contributed by atoms with Crippen molar-refractivity contribution in [1.82, 2.24) is 0 Å². The van der Waals surface area contributed by atoms with Gasteiger partial charge in [0.1, 0.15) is 0 Å². The van der Waals surface area contributed by atoms with Crippen molar-refractivity contribution in [3.05, 3.63) is 0 Å². The number of hydrogen-bond donors (Lipinski definition) is 0. The van der Waals surface area contributed by atoms with Gasteiger partial charge in [-0.2, -0.15) is 0 Å². The van der Waals surface area contributed by atoms with Crippen molar-refractivity contribution in [2.75, 3.05) is 20.8 Å². The van der Waals surface area contributed by atoms with Crippen molar-refractivity contribution in [3.63, 3.8) is 0 Å². The Morgan fingerprint density at radius 2 is 1.54 bits per heavy atom. The van der Waals surface area contributed by atoms with Crippen molar-refractivity contribution in [2.45, 2.75) is 39.0 Å². The molecule has 0 atom stereocenters. The van der Waals surface area contributed by atoms with Crippen LogP contribution in [0.2, 0.25) is 0 Å². The summed E-state index contributed by atoms with van der Waals surface area (Å²) in [5.74, 6) is 0. The van der Waals surface area contributed by atoms with Gasteiger partial charge in [0.25, 0.3) is 0 Å². The van der Waals surface area contributed by atoms with Crippen molar-refractivity contribution in [2.24, 2.45) is 0 Å². The summed E-state index contributed by atoms with van der Waals surface area (Å²) in [5.41, 5.74) is 0. The second-order valence-electron chi connectivity index (χ2n) is 2.84. The molecule has 0 aliphatic heterocycles. The lowest BCUT2D eigenvalue weighted by Crippen LogP contribution is -1.92. The fraction of sp³-hybridized carbons (Fsp3) is 1.00. The second-order valence-corrected chi connectivity index (χ2v) is 4.27. The van der Waals surface area contributed by atoms with Crippen molar-refractivity contribution in [1.29, 1.82) is 0 Å². The molecule has 0 aliphatic carbocycles. The smallest absolute Gasteiger partial charge is 0.316 e. The van der Waals surface area contributed by atoms with Crippen LogP contribution in [-0.4, -0.2) is 20.8 Å². The standard InChI is InChI=1S/C9H21O3P/c1-4-5-6-7-8-9-12-13(10-2)11-3/h4-9H2,1-3H3. The third-order valence-electron chi connectivity index (χ3n) is 1.74. The van der Waals surface area contributed by atoms with Crippen molar-refractivity contribution < 1.29 is 13.6 Å². The third-order valence-corrected chi connectivity index (χ3v) is 2.73. The Morgan fingerprint density at radius 3 is 2.08 bits per heavy atom. The molecular weight excluding hydrogens is 187 g/mol. The minimum Gasteiger partial charge on any atom is -0.316 e. The van der Waals surface area contributed by atoms with Crippen LogP contribution in [0.3, 0.4) is 0 Å². The van der Waals surface area contributed by atoms with Crippen LogP contribution in [0.25, 0.3) is 0 Å². The first kappa shape index (κ1) is 13.3. The molecule has 0 saturated heterocycles. The molecule has 0 fully saturated rings. The molecule has 13 heavy (non-hydrogen) atoms. The van der Waals surface area contributed by atoms with Crippen LogP contribution in [0.5, 0.6) is 0 Å². The molecule has 0 aliphatic rings. The van der Waals surface area contributed by atoms with Gasteiger partial charge in [-0.25, -0.2) is 0 Å². The van der Waals surface area contributed by atoms with Gasteiger partial charge >= 0.3 is 8.60 Å². The average Bonchev–Trinajstić information content (AvgIpc) is 2.17. The molecule has 0 heterocycles. The fourth-order valence-corrected chi connectivity index (χ4v) is 1.66. The van der Waals surface area contributed by atoms with E-state index in [2.05, 4.69) is 6.92 Å². The summed E-state index contributed by atoms with van der Waals surface area (Å²) in [6.45, 7) is 2.96. The lowest BCUT2D eigenvalue weighted by atomic mass is 10.2. The summed E-state index contributed by atoms with van der Waals surface area (Å²) in [7, 11) is 2.13. The molecule has 0 bridgehead atoms. The maximum atomic E-state index is 5.34. The van der Waals surface area contributed by atoms with Crippen LogP contribution in [0.1, 0.15) is 39.0 Å². The molecule has 0 aromatic rings. The molecule has 0 saturated carbocycles. The van der Waals surface area contributed by atoms with Gasteiger partial charge in [0, 0.05) is 14.2 Å². The lowest BCUT2D eigenvalue weighted by Gasteiger charge is -2.10. The molecule has 80 valence electrons. The first-order chi connectivity index (χ1) is 6.35. The van der Waals surface area contributed by atoms with E-state index in [0.717, 1.165) is 13.0 Å². The van der Waals surface area contributed by atoms with Gasteiger partial charge in [0.15, 0.2) is 0 Å². The van der Waals surface area contributed by atoms with Crippen LogP contribution >= 0.6 is 8.60 Å². The Labute approximate surface area is 82.8 Å². The largest absolute Gasteiger partial charge is 0.332 e. The summed E-state index contributed by atoms with van der Waals surface area (Å²) in [6.07, 6.45) is 6.25. The fourth-order valence-electron chi connectivity index (χ4n) is 1.02. The first-order valence-corrected chi connectivity index (χ1v) is 5.96. The van der Waals surface area contributed by atoms with Gasteiger partial charge in [-0.1, -0.05) is 32.6 Å². The zero-order valence-corrected chi connectivity index (χ0v) is 9.81. The highest BCUT2D eigenvalue weighted by atomic mass is 31.2. The van der Waals surface area contributed by atoms with Crippen LogP contribution in [-0.2, 0) is 13.6 Å². The molecule has 0 N–H and O–H groups in total. The monoisotopic (exact) mass is 208 g/mol. The highest BCUT2D eigenvalue weighted by Gasteiger charge is 2.05. The van der Waals surface area contributed by atoms with E-state index in [1.54, 1.807) is 14.2 Å². The molecular formula is C9H21O3P. The Bertz CT molecular complexity index is 96.9. The average molecular weight is 208 g/mol. The van der Waals surface area contributed by atoms with E-state index in [1.807, 2.05) is 0 Å². The molecule has 0 aromatic heterocycles.